The second kappa shape index (κ2) is 5.74. The molecule has 0 spiro atoms. The molecular formula is C14H21N3OS. The molecular weight excluding hydrogens is 258 g/mol. The van der Waals surface area contributed by atoms with Crippen LogP contribution < -0.4 is 0 Å². The second-order valence-electron chi connectivity index (χ2n) is 4.78. The summed E-state index contributed by atoms with van der Waals surface area (Å²) in [4.78, 5) is 17.9. The van der Waals surface area contributed by atoms with Crippen molar-refractivity contribution in [3.05, 3.63) is 23.5 Å². The highest BCUT2D eigenvalue weighted by molar-refractivity contribution is 7.80. The van der Waals surface area contributed by atoms with Crippen molar-refractivity contribution in [3.8, 4) is 0 Å². The van der Waals surface area contributed by atoms with Crippen LogP contribution in [0.5, 0.6) is 0 Å². The predicted molar refractivity (Wildman–Crippen MR) is 80.4 cm³/mol. The highest BCUT2D eigenvalue weighted by Crippen LogP contribution is 2.23. The van der Waals surface area contributed by atoms with Crippen molar-refractivity contribution in [1.29, 1.82) is 0 Å². The van der Waals surface area contributed by atoms with Gasteiger partial charge < -0.3 is 9.80 Å². The fourth-order valence-electron chi connectivity index (χ4n) is 2.60. The molecule has 0 atom stereocenters. The SMILES string of the molecule is CCN1C(=S)N(C)C(=O)/C1=C/C=C1\CCCN1CC. The number of thiocarbonyl (C=S) groups is 1. The lowest BCUT2D eigenvalue weighted by molar-refractivity contribution is -0.121. The molecule has 1 amide bonds. The van der Waals surface area contributed by atoms with Crippen molar-refractivity contribution in [1.82, 2.24) is 14.7 Å². The Labute approximate surface area is 120 Å². The molecule has 0 aromatic heterocycles. The summed E-state index contributed by atoms with van der Waals surface area (Å²) in [5, 5.41) is 0.593. The zero-order valence-corrected chi connectivity index (χ0v) is 12.7. The number of hydrogen-bond donors (Lipinski definition) is 0. The van der Waals surface area contributed by atoms with Gasteiger partial charge in [0.1, 0.15) is 5.70 Å². The Balaban J connectivity index is 2.25. The molecule has 104 valence electrons. The highest BCUT2D eigenvalue weighted by Gasteiger charge is 2.33. The molecule has 2 heterocycles. The van der Waals surface area contributed by atoms with Gasteiger partial charge in [0.05, 0.1) is 0 Å². The molecule has 4 nitrogen and oxygen atoms in total. The fourth-order valence-corrected chi connectivity index (χ4v) is 2.91. The van der Waals surface area contributed by atoms with Crippen LogP contribution in [0.2, 0.25) is 0 Å². The zero-order valence-electron chi connectivity index (χ0n) is 11.8. The molecule has 0 aromatic carbocycles. The summed E-state index contributed by atoms with van der Waals surface area (Å²) in [6, 6.07) is 0. The van der Waals surface area contributed by atoms with E-state index in [2.05, 4.69) is 17.9 Å². The van der Waals surface area contributed by atoms with Crippen LogP contribution in [0.4, 0.5) is 0 Å². The van der Waals surface area contributed by atoms with Gasteiger partial charge in [0.15, 0.2) is 5.11 Å². The normalized spacial score (nSPS) is 24.5. The maximum Gasteiger partial charge on any atom is 0.276 e. The minimum Gasteiger partial charge on any atom is -0.375 e. The molecule has 19 heavy (non-hydrogen) atoms. The van der Waals surface area contributed by atoms with Crippen molar-refractivity contribution >= 4 is 23.2 Å². The van der Waals surface area contributed by atoms with Crippen LogP contribution in [0, 0.1) is 0 Å². The minimum absolute atomic E-state index is 0.00949. The third-order valence-electron chi connectivity index (χ3n) is 3.73. The smallest absolute Gasteiger partial charge is 0.276 e. The van der Waals surface area contributed by atoms with E-state index in [1.165, 1.54) is 17.0 Å². The summed E-state index contributed by atoms with van der Waals surface area (Å²) in [5.74, 6) is -0.00949. The Hall–Kier alpha value is -1.36. The molecule has 2 aliphatic rings. The molecule has 2 aliphatic heterocycles. The van der Waals surface area contributed by atoms with Gasteiger partial charge >= 0.3 is 0 Å². The molecule has 0 unspecified atom stereocenters. The maximum absolute atomic E-state index is 12.1. The molecule has 0 N–H and O–H groups in total. The first kappa shape index (κ1) is 14.1. The second-order valence-corrected chi connectivity index (χ2v) is 5.15. The summed E-state index contributed by atoms with van der Waals surface area (Å²) < 4.78 is 0. The van der Waals surface area contributed by atoms with Gasteiger partial charge in [0.25, 0.3) is 5.91 Å². The molecule has 2 rings (SSSR count). The Morgan fingerprint density at radius 3 is 2.63 bits per heavy atom. The van der Waals surface area contributed by atoms with Crippen LogP contribution in [0.3, 0.4) is 0 Å². The van der Waals surface area contributed by atoms with E-state index in [0.717, 1.165) is 26.1 Å². The number of carbonyl (C=O) groups is 1. The summed E-state index contributed by atoms with van der Waals surface area (Å²) in [7, 11) is 1.73. The number of likely N-dealkylation sites (N-methyl/N-ethyl adjacent to an activating group) is 2. The van der Waals surface area contributed by atoms with Crippen molar-refractivity contribution in [2.24, 2.45) is 0 Å². The molecule has 2 saturated heterocycles. The monoisotopic (exact) mass is 279 g/mol. The van der Waals surface area contributed by atoms with Crippen molar-refractivity contribution in [3.63, 3.8) is 0 Å². The largest absolute Gasteiger partial charge is 0.375 e. The summed E-state index contributed by atoms with van der Waals surface area (Å²) in [6.07, 6.45) is 6.30. The van der Waals surface area contributed by atoms with Gasteiger partial charge in [-0.3, -0.25) is 9.69 Å². The standard InChI is InChI=1S/C14H21N3OS/c1-4-16-10-6-7-11(16)8-9-12-13(18)15(3)14(19)17(12)5-2/h8-9H,4-7,10H2,1-3H3/b11-8+,12-9-. The van der Waals surface area contributed by atoms with E-state index < -0.39 is 0 Å². The third-order valence-corrected chi connectivity index (χ3v) is 4.23. The van der Waals surface area contributed by atoms with E-state index in [4.69, 9.17) is 12.2 Å². The van der Waals surface area contributed by atoms with Gasteiger partial charge in [-0.15, -0.1) is 0 Å². The first-order chi connectivity index (χ1) is 9.10. The van der Waals surface area contributed by atoms with Crippen molar-refractivity contribution in [2.45, 2.75) is 26.7 Å². The molecule has 0 aromatic rings. The number of carbonyl (C=O) groups excluding carboxylic acids is 1. The quantitative estimate of drug-likeness (QED) is 0.583. The topological polar surface area (TPSA) is 26.8 Å². The lowest BCUT2D eigenvalue weighted by atomic mass is 10.2. The minimum atomic E-state index is -0.00949. The number of nitrogens with zero attached hydrogens (tertiary/aromatic N) is 3. The number of rotatable bonds is 3. The predicted octanol–water partition coefficient (Wildman–Crippen LogP) is 1.95. The molecule has 0 saturated carbocycles. The lowest BCUT2D eigenvalue weighted by Gasteiger charge is -2.17. The molecule has 5 heteroatoms. The van der Waals surface area contributed by atoms with E-state index in [1.807, 2.05) is 17.9 Å². The summed E-state index contributed by atoms with van der Waals surface area (Å²) in [5.41, 5.74) is 2.00. The van der Waals surface area contributed by atoms with E-state index >= 15 is 0 Å². The van der Waals surface area contributed by atoms with E-state index in [1.54, 1.807) is 7.05 Å². The van der Waals surface area contributed by atoms with Gasteiger partial charge in [-0.2, -0.15) is 0 Å². The summed E-state index contributed by atoms with van der Waals surface area (Å²) >= 11 is 5.27. The average Bonchev–Trinajstić information content (AvgIpc) is 2.95. The van der Waals surface area contributed by atoms with E-state index in [9.17, 15) is 4.79 Å². The number of allylic oxidation sites excluding steroid dienone is 3. The van der Waals surface area contributed by atoms with Gasteiger partial charge in [-0.05, 0) is 51.1 Å². The average molecular weight is 279 g/mol. The summed E-state index contributed by atoms with van der Waals surface area (Å²) in [6.45, 7) is 7.04. The van der Waals surface area contributed by atoms with Gasteiger partial charge in [-0.25, -0.2) is 0 Å². The molecule has 2 fully saturated rings. The maximum atomic E-state index is 12.1. The van der Waals surface area contributed by atoms with Crippen molar-refractivity contribution in [2.75, 3.05) is 26.7 Å². The Bertz CT molecular complexity index is 456. The third kappa shape index (κ3) is 2.52. The van der Waals surface area contributed by atoms with Gasteiger partial charge in [0.2, 0.25) is 0 Å². The van der Waals surface area contributed by atoms with Crippen LogP contribution in [-0.2, 0) is 4.79 Å². The number of amides is 1. The van der Waals surface area contributed by atoms with E-state index in [0.29, 0.717) is 10.8 Å². The van der Waals surface area contributed by atoms with Crippen LogP contribution in [0.25, 0.3) is 0 Å². The fraction of sp³-hybridized carbons (Fsp3) is 0.571. The first-order valence-electron chi connectivity index (χ1n) is 6.85. The van der Waals surface area contributed by atoms with Gasteiger partial charge in [0, 0.05) is 32.4 Å². The lowest BCUT2D eigenvalue weighted by Crippen LogP contribution is -2.29. The van der Waals surface area contributed by atoms with Crippen LogP contribution in [0.15, 0.2) is 23.5 Å². The van der Waals surface area contributed by atoms with Crippen LogP contribution in [0.1, 0.15) is 26.7 Å². The highest BCUT2D eigenvalue weighted by atomic mass is 32.1. The Kier molecular flexibility index (Phi) is 4.24. The Morgan fingerprint density at radius 1 is 1.26 bits per heavy atom. The van der Waals surface area contributed by atoms with Crippen molar-refractivity contribution < 1.29 is 4.79 Å². The Morgan fingerprint density at radius 2 is 2.00 bits per heavy atom. The van der Waals surface area contributed by atoms with E-state index in [-0.39, 0.29) is 5.91 Å². The first-order valence-corrected chi connectivity index (χ1v) is 7.26. The number of likely N-dealkylation sites (tertiary alicyclic amines) is 1. The van der Waals surface area contributed by atoms with Crippen LogP contribution >= 0.6 is 12.2 Å². The zero-order chi connectivity index (χ0) is 14.0. The molecule has 0 aliphatic carbocycles. The van der Waals surface area contributed by atoms with Gasteiger partial charge in [-0.1, -0.05) is 0 Å². The number of hydrogen-bond acceptors (Lipinski definition) is 3. The van der Waals surface area contributed by atoms with Crippen LogP contribution in [-0.4, -0.2) is 52.4 Å². The molecule has 0 radical (unpaired) electrons. The molecule has 0 bridgehead atoms.